The molecule has 2 rings (SSSR count). The van der Waals surface area contributed by atoms with E-state index in [4.69, 9.17) is 4.74 Å². The second-order valence-corrected chi connectivity index (χ2v) is 8.36. The van der Waals surface area contributed by atoms with E-state index in [0.29, 0.717) is 23.8 Å². The number of sulfonamides is 1. The van der Waals surface area contributed by atoms with Crippen LogP contribution in [0.2, 0.25) is 0 Å². The summed E-state index contributed by atoms with van der Waals surface area (Å²) in [6.45, 7) is 5.26. The zero-order valence-corrected chi connectivity index (χ0v) is 15.6. The first kappa shape index (κ1) is 17.8. The first-order valence-electron chi connectivity index (χ1n) is 7.94. The first-order valence-corrected chi connectivity index (χ1v) is 10.2. The van der Waals surface area contributed by atoms with E-state index in [9.17, 15) is 8.42 Å². The van der Waals surface area contributed by atoms with Crippen LogP contribution >= 0.6 is 15.9 Å². The van der Waals surface area contributed by atoms with Crippen molar-refractivity contribution in [2.24, 2.45) is 0 Å². The number of benzene rings is 1. The number of halogens is 1. The van der Waals surface area contributed by atoms with Crippen molar-refractivity contribution in [2.75, 3.05) is 13.2 Å². The van der Waals surface area contributed by atoms with Crippen molar-refractivity contribution in [3.63, 3.8) is 0 Å². The molecule has 0 aliphatic carbocycles. The molecule has 1 aromatic carbocycles. The largest absolute Gasteiger partial charge is 0.492 e. The molecule has 6 heteroatoms. The minimum absolute atomic E-state index is 0.113. The van der Waals surface area contributed by atoms with Crippen molar-refractivity contribution in [1.82, 2.24) is 4.31 Å². The summed E-state index contributed by atoms with van der Waals surface area (Å²) < 4.78 is 34.0. The molecule has 0 bridgehead atoms. The van der Waals surface area contributed by atoms with E-state index in [1.807, 2.05) is 6.92 Å². The fraction of sp³-hybridized carbons (Fsp3) is 0.625. The zero-order valence-electron chi connectivity index (χ0n) is 13.2. The summed E-state index contributed by atoms with van der Waals surface area (Å²) in [6.07, 6.45) is 4.73. The standard InChI is InChI=1S/C16H24BrNO3S/c1-3-11-21-16-12-14(8-9-15(16)17)22(19,20)18-10-6-5-7-13(18)4-2/h8-9,12-13H,3-7,10-11H2,1-2H3/t13-/m1/s1. The van der Waals surface area contributed by atoms with Gasteiger partial charge in [0.15, 0.2) is 0 Å². The van der Waals surface area contributed by atoms with Gasteiger partial charge in [0.25, 0.3) is 0 Å². The summed E-state index contributed by atoms with van der Waals surface area (Å²) in [5.41, 5.74) is 0. The molecule has 1 saturated heterocycles. The molecule has 1 aromatic rings. The Morgan fingerprint density at radius 1 is 1.32 bits per heavy atom. The van der Waals surface area contributed by atoms with Crippen LogP contribution in [0.25, 0.3) is 0 Å². The number of nitrogens with zero attached hydrogens (tertiary/aromatic N) is 1. The molecular formula is C16H24BrNO3S. The maximum absolute atomic E-state index is 12.9. The van der Waals surface area contributed by atoms with Gasteiger partial charge >= 0.3 is 0 Å². The monoisotopic (exact) mass is 389 g/mol. The molecule has 0 radical (unpaired) electrons. The lowest BCUT2D eigenvalue weighted by atomic mass is 10.0. The topological polar surface area (TPSA) is 46.6 Å². The van der Waals surface area contributed by atoms with Gasteiger partial charge in [0.2, 0.25) is 10.0 Å². The lowest BCUT2D eigenvalue weighted by Crippen LogP contribution is -2.43. The van der Waals surface area contributed by atoms with Gasteiger partial charge in [-0.1, -0.05) is 20.3 Å². The van der Waals surface area contributed by atoms with Crippen LogP contribution in [0.15, 0.2) is 27.6 Å². The number of hydrogen-bond acceptors (Lipinski definition) is 3. The molecule has 22 heavy (non-hydrogen) atoms. The number of hydrogen-bond donors (Lipinski definition) is 0. The third-order valence-corrected chi connectivity index (χ3v) is 6.62. The van der Waals surface area contributed by atoms with Crippen LogP contribution in [0.1, 0.15) is 46.0 Å². The van der Waals surface area contributed by atoms with Crippen LogP contribution in [0, 0.1) is 0 Å². The predicted molar refractivity (Wildman–Crippen MR) is 91.7 cm³/mol. The van der Waals surface area contributed by atoms with Crippen LogP contribution in [0.5, 0.6) is 5.75 Å². The van der Waals surface area contributed by atoms with Gasteiger partial charge in [-0.25, -0.2) is 8.42 Å². The van der Waals surface area contributed by atoms with Gasteiger partial charge in [-0.05, 0) is 53.7 Å². The van der Waals surface area contributed by atoms with Crippen molar-refractivity contribution < 1.29 is 13.2 Å². The van der Waals surface area contributed by atoms with Crippen LogP contribution in [0.4, 0.5) is 0 Å². The second-order valence-electron chi connectivity index (χ2n) is 5.61. The van der Waals surface area contributed by atoms with Gasteiger partial charge in [-0.3, -0.25) is 0 Å². The van der Waals surface area contributed by atoms with E-state index in [0.717, 1.165) is 36.6 Å². The molecule has 1 aliphatic heterocycles. The van der Waals surface area contributed by atoms with Crippen LogP contribution in [0.3, 0.4) is 0 Å². The van der Waals surface area contributed by atoms with Crippen molar-refractivity contribution in [3.8, 4) is 5.75 Å². The average Bonchev–Trinajstić information content (AvgIpc) is 2.53. The van der Waals surface area contributed by atoms with Crippen molar-refractivity contribution in [2.45, 2.75) is 56.9 Å². The highest BCUT2D eigenvalue weighted by Crippen LogP contribution is 2.32. The summed E-state index contributed by atoms with van der Waals surface area (Å²) in [5, 5.41) is 0. The van der Waals surface area contributed by atoms with E-state index < -0.39 is 10.0 Å². The number of rotatable bonds is 6. The second kappa shape index (κ2) is 7.79. The van der Waals surface area contributed by atoms with E-state index in [1.165, 1.54) is 0 Å². The third kappa shape index (κ3) is 3.84. The van der Waals surface area contributed by atoms with Gasteiger partial charge < -0.3 is 4.74 Å². The highest BCUT2D eigenvalue weighted by molar-refractivity contribution is 9.10. The smallest absolute Gasteiger partial charge is 0.243 e. The van der Waals surface area contributed by atoms with Gasteiger partial charge in [-0.15, -0.1) is 0 Å². The maximum atomic E-state index is 12.9. The zero-order chi connectivity index (χ0) is 16.2. The molecule has 0 unspecified atom stereocenters. The fourth-order valence-electron chi connectivity index (χ4n) is 2.80. The lowest BCUT2D eigenvalue weighted by molar-refractivity contribution is 0.246. The van der Waals surface area contributed by atoms with Gasteiger partial charge in [-0.2, -0.15) is 4.31 Å². The molecular weight excluding hydrogens is 366 g/mol. The molecule has 1 atom stereocenters. The summed E-state index contributed by atoms with van der Waals surface area (Å²) in [5.74, 6) is 0.591. The van der Waals surface area contributed by atoms with Crippen LogP contribution in [-0.4, -0.2) is 31.9 Å². The number of piperidine rings is 1. The average molecular weight is 390 g/mol. The first-order chi connectivity index (χ1) is 10.5. The van der Waals surface area contributed by atoms with Crippen molar-refractivity contribution >= 4 is 26.0 Å². The fourth-order valence-corrected chi connectivity index (χ4v) is 4.94. The summed E-state index contributed by atoms with van der Waals surface area (Å²) >= 11 is 3.42. The Balaban J connectivity index is 2.32. The molecule has 1 aliphatic rings. The Bertz CT molecular complexity index is 603. The van der Waals surface area contributed by atoms with Crippen LogP contribution < -0.4 is 4.74 Å². The summed E-state index contributed by atoms with van der Waals surface area (Å²) in [7, 11) is -3.46. The summed E-state index contributed by atoms with van der Waals surface area (Å²) in [6, 6.07) is 5.15. The minimum Gasteiger partial charge on any atom is -0.492 e. The van der Waals surface area contributed by atoms with Gasteiger partial charge in [0.1, 0.15) is 5.75 Å². The Morgan fingerprint density at radius 2 is 2.09 bits per heavy atom. The van der Waals surface area contributed by atoms with Gasteiger partial charge in [0.05, 0.1) is 16.0 Å². The normalized spacial score (nSPS) is 20.0. The van der Waals surface area contributed by atoms with Crippen molar-refractivity contribution in [3.05, 3.63) is 22.7 Å². The van der Waals surface area contributed by atoms with Crippen LogP contribution in [-0.2, 0) is 10.0 Å². The van der Waals surface area contributed by atoms with Crippen molar-refractivity contribution in [1.29, 1.82) is 0 Å². The van der Waals surface area contributed by atoms with Gasteiger partial charge in [0, 0.05) is 18.7 Å². The molecule has 1 fully saturated rings. The lowest BCUT2D eigenvalue weighted by Gasteiger charge is -2.34. The molecule has 4 nitrogen and oxygen atoms in total. The Hall–Kier alpha value is -0.590. The van der Waals surface area contributed by atoms with E-state index >= 15 is 0 Å². The highest BCUT2D eigenvalue weighted by atomic mass is 79.9. The van der Waals surface area contributed by atoms with E-state index in [-0.39, 0.29) is 6.04 Å². The maximum Gasteiger partial charge on any atom is 0.243 e. The third-order valence-electron chi connectivity index (χ3n) is 4.02. The molecule has 0 N–H and O–H groups in total. The predicted octanol–water partition coefficient (Wildman–Crippen LogP) is 4.19. The Labute approximate surface area is 142 Å². The molecule has 1 heterocycles. The Kier molecular flexibility index (Phi) is 6.29. The molecule has 0 aromatic heterocycles. The van der Waals surface area contributed by atoms with E-state index in [1.54, 1.807) is 22.5 Å². The summed E-state index contributed by atoms with van der Waals surface area (Å²) in [4.78, 5) is 0.321. The molecule has 0 saturated carbocycles. The van der Waals surface area contributed by atoms with E-state index in [2.05, 4.69) is 22.9 Å². The minimum atomic E-state index is -3.46. The highest BCUT2D eigenvalue weighted by Gasteiger charge is 2.32. The SMILES string of the molecule is CCCOc1cc(S(=O)(=O)N2CCCC[C@H]2CC)ccc1Br. The quantitative estimate of drug-likeness (QED) is 0.732. The molecule has 0 amide bonds. The molecule has 124 valence electrons. The molecule has 0 spiro atoms. The number of ether oxygens (including phenoxy) is 1. The Morgan fingerprint density at radius 3 is 2.77 bits per heavy atom.